The molecule has 0 N–H and O–H groups in total. The molecule has 0 aliphatic rings. The molecule has 0 saturated heterocycles. The molecule has 0 bridgehead atoms. The van der Waals surface area contributed by atoms with E-state index >= 15 is 0 Å². The Bertz CT molecular complexity index is 129. The van der Waals surface area contributed by atoms with Crippen LogP contribution in [0.1, 0.15) is 26.7 Å². The molecular weight excluding hydrogens is 183 g/mol. The fraction of sp³-hybridized carbons (Fsp3) is 0.875. The van der Waals surface area contributed by atoms with Gasteiger partial charge in [0.1, 0.15) is 0 Å². The Labute approximate surface area is 101 Å². The second kappa shape index (κ2) is 10.5. The van der Waals surface area contributed by atoms with Gasteiger partial charge in [0.15, 0.2) is 6.29 Å². The second-order valence-corrected chi connectivity index (χ2v) is 2.33. The van der Waals surface area contributed by atoms with Crippen LogP contribution in [0.4, 0.5) is 0 Å². The largest absolute Gasteiger partial charge is 1.00 e. The first kappa shape index (κ1) is 15.8. The summed E-state index contributed by atoms with van der Waals surface area (Å²) in [4.78, 5) is 10.3. The minimum atomic E-state index is -1.31. The van der Waals surface area contributed by atoms with Crippen LogP contribution in [-0.4, -0.2) is 25.5 Å². The fourth-order valence-corrected chi connectivity index (χ4v) is 0.670. The van der Waals surface area contributed by atoms with Crippen LogP contribution >= 0.6 is 0 Å². The van der Waals surface area contributed by atoms with Gasteiger partial charge in [-0.15, -0.1) is 0 Å². The molecule has 13 heavy (non-hydrogen) atoms. The second-order valence-electron chi connectivity index (χ2n) is 2.33. The molecule has 0 rings (SSSR count). The van der Waals surface area contributed by atoms with Gasteiger partial charge in [-0.3, -0.25) is 0 Å². The number of carboxylic acids is 1. The number of hydrogen-bond acceptors (Lipinski definition) is 4. The van der Waals surface area contributed by atoms with Crippen molar-refractivity contribution in [1.82, 2.24) is 0 Å². The molecule has 0 aromatic rings. The Morgan fingerprint density at radius 3 is 2.38 bits per heavy atom. The van der Waals surface area contributed by atoms with Gasteiger partial charge in [-0.1, -0.05) is 13.3 Å². The number of carbonyl (C=O) groups excluding carboxylic acids is 1. The predicted molar refractivity (Wildman–Crippen MR) is 41.3 cm³/mol. The summed E-state index contributed by atoms with van der Waals surface area (Å²) in [7, 11) is 0. The van der Waals surface area contributed by atoms with Crippen LogP contribution in [0.2, 0.25) is 0 Å². The minimum absolute atomic E-state index is 0. The van der Waals surface area contributed by atoms with Crippen molar-refractivity contribution < 1.29 is 48.9 Å². The number of hydrogen-bond donors (Lipinski definition) is 0. The summed E-state index contributed by atoms with van der Waals surface area (Å²) in [6.07, 6.45) is 0.587. The maximum absolute atomic E-state index is 10.3. The summed E-state index contributed by atoms with van der Waals surface area (Å²) in [6, 6.07) is 0. The number of rotatable bonds is 7. The first-order valence-electron chi connectivity index (χ1n) is 4.16. The van der Waals surface area contributed by atoms with Gasteiger partial charge in [0.25, 0.3) is 0 Å². The van der Waals surface area contributed by atoms with Gasteiger partial charge >= 0.3 is 29.6 Å². The first-order chi connectivity index (χ1) is 5.72. The van der Waals surface area contributed by atoms with Crippen molar-refractivity contribution in [2.24, 2.45) is 0 Å². The molecule has 1 unspecified atom stereocenters. The number of unbranched alkanes of at least 4 members (excludes halogenated alkanes) is 1. The van der Waals surface area contributed by atoms with Crippen molar-refractivity contribution in [2.45, 2.75) is 33.0 Å². The first-order valence-corrected chi connectivity index (χ1v) is 4.16. The molecule has 0 amide bonds. The molecule has 72 valence electrons. The van der Waals surface area contributed by atoms with Crippen molar-refractivity contribution in [1.29, 1.82) is 0 Å². The van der Waals surface area contributed by atoms with E-state index < -0.39 is 12.3 Å². The van der Waals surface area contributed by atoms with Gasteiger partial charge in [0.05, 0.1) is 12.6 Å². The van der Waals surface area contributed by atoms with Gasteiger partial charge in [0, 0.05) is 6.61 Å². The third-order valence-electron chi connectivity index (χ3n) is 1.28. The average molecular weight is 198 g/mol. The summed E-state index contributed by atoms with van der Waals surface area (Å²) < 4.78 is 9.67. The zero-order valence-corrected chi connectivity index (χ0v) is 10.5. The van der Waals surface area contributed by atoms with E-state index in [1.165, 1.54) is 0 Å². The van der Waals surface area contributed by atoms with Crippen LogP contribution in [0.3, 0.4) is 0 Å². The monoisotopic (exact) mass is 198 g/mol. The van der Waals surface area contributed by atoms with Crippen LogP contribution in [-0.2, 0) is 14.3 Å². The summed E-state index contributed by atoms with van der Waals surface area (Å²) in [6.45, 7) is 4.41. The Morgan fingerprint density at radius 1 is 1.38 bits per heavy atom. The maximum Gasteiger partial charge on any atom is 1.00 e. The number of aliphatic carboxylic acids is 1. The molecule has 0 fully saturated rings. The Kier molecular flexibility index (Phi) is 12.8. The van der Waals surface area contributed by atoms with Gasteiger partial charge in [0.2, 0.25) is 0 Å². The van der Waals surface area contributed by atoms with Crippen LogP contribution in [0.15, 0.2) is 0 Å². The number of carbonyl (C=O) groups is 1. The maximum atomic E-state index is 10.3. The molecule has 0 radical (unpaired) electrons. The van der Waals surface area contributed by atoms with Crippen molar-refractivity contribution >= 4 is 5.97 Å². The molecular formula is C8H15NaO4. The number of ether oxygens (including phenoxy) is 2. The van der Waals surface area contributed by atoms with E-state index in [9.17, 15) is 9.90 Å². The zero-order valence-electron chi connectivity index (χ0n) is 8.54. The van der Waals surface area contributed by atoms with E-state index in [1.807, 2.05) is 6.92 Å². The molecule has 1 atom stereocenters. The Balaban J connectivity index is 0. The fourth-order valence-electron chi connectivity index (χ4n) is 0.670. The van der Waals surface area contributed by atoms with Gasteiger partial charge in [-0.25, -0.2) is 0 Å². The zero-order chi connectivity index (χ0) is 9.40. The summed E-state index contributed by atoms with van der Waals surface area (Å²) >= 11 is 0. The summed E-state index contributed by atoms with van der Waals surface area (Å²) in [5, 5.41) is 10.3. The quantitative estimate of drug-likeness (QED) is 0.247. The summed E-state index contributed by atoms with van der Waals surface area (Å²) in [5.74, 6) is -1.31. The Morgan fingerprint density at radius 2 is 2.00 bits per heavy atom. The van der Waals surface area contributed by atoms with Gasteiger partial charge in [-0.2, -0.15) is 0 Å². The normalized spacial score (nSPS) is 11.8. The standard InChI is InChI=1S/C8H16O4.Na/c1-3-5-6-12-8(7(9)10)11-4-2;/h8H,3-6H2,1-2H3,(H,9,10);/q;+1/p-1. The minimum Gasteiger partial charge on any atom is -0.545 e. The van der Waals surface area contributed by atoms with Crippen molar-refractivity contribution in [2.75, 3.05) is 13.2 Å². The number of carboxylic acid groups (broad SMARTS) is 1. The van der Waals surface area contributed by atoms with Crippen molar-refractivity contribution in [3.8, 4) is 0 Å². The van der Waals surface area contributed by atoms with Gasteiger partial charge in [-0.05, 0) is 13.3 Å². The molecule has 0 heterocycles. The molecule has 0 spiro atoms. The molecule has 0 aromatic carbocycles. The van der Waals surface area contributed by atoms with Crippen LogP contribution in [0, 0.1) is 0 Å². The average Bonchev–Trinajstić information content (AvgIpc) is 2.03. The van der Waals surface area contributed by atoms with Crippen LogP contribution in [0.5, 0.6) is 0 Å². The van der Waals surface area contributed by atoms with E-state index in [1.54, 1.807) is 6.92 Å². The van der Waals surface area contributed by atoms with Gasteiger partial charge < -0.3 is 19.4 Å². The summed E-state index contributed by atoms with van der Waals surface area (Å²) in [5.41, 5.74) is 0. The molecule has 0 aliphatic heterocycles. The third-order valence-corrected chi connectivity index (χ3v) is 1.28. The molecule has 0 aromatic heterocycles. The van der Waals surface area contributed by atoms with E-state index in [4.69, 9.17) is 9.47 Å². The molecule has 0 aliphatic carbocycles. The molecule has 0 saturated carbocycles. The molecule has 5 heteroatoms. The van der Waals surface area contributed by atoms with E-state index in [-0.39, 0.29) is 29.6 Å². The topological polar surface area (TPSA) is 58.6 Å². The van der Waals surface area contributed by atoms with E-state index in [0.29, 0.717) is 13.2 Å². The van der Waals surface area contributed by atoms with Crippen molar-refractivity contribution in [3.63, 3.8) is 0 Å². The van der Waals surface area contributed by atoms with Crippen LogP contribution < -0.4 is 34.7 Å². The smallest absolute Gasteiger partial charge is 0.545 e. The predicted octanol–water partition coefficient (Wildman–Crippen LogP) is -3.08. The van der Waals surface area contributed by atoms with E-state index in [0.717, 1.165) is 12.8 Å². The Hall–Kier alpha value is 0.390. The van der Waals surface area contributed by atoms with E-state index in [2.05, 4.69) is 0 Å². The van der Waals surface area contributed by atoms with Crippen molar-refractivity contribution in [3.05, 3.63) is 0 Å². The van der Waals surface area contributed by atoms with Crippen LogP contribution in [0.25, 0.3) is 0 Å². The molecule has 4 nitrogen and oxygen atoms in total. The third kappa shape index (κ3) is 8.71. The SMILES string of the molecule is CCCCOC(OCC)C(=O)[O-].[Na+].